The molecule has 4 rings (SSSR count). The van der Waals surface area contributed by atoms with Gasteiger partial charge in [-0.15, -0.1) is 0 Å². The van der Waals surface area contributed by atoms with Crippen molar-refractivity contribution < 1.29 is 9.21 Å². The number of aryl methyl sites for hydroxylation is 2. The van der Waals surface area contributed by atoms with Crippen LogP contribution in [0.1, 0.15) is 43.2 Å². The summed E-state index contributed by atoms with van der Waals surface area (Å²) in [5.74, 6) is 1.57. The molecule has 0 spiro atoms. The molecule has 2 aromatic carbocycles. The highest BCUT2D eigenvalue weighted by molar-refractivity contribution is 6.30. The lowest BCUT2D eigenvalue weighted by Crippen LogP contribution is -2.45. The molecule has 1 amide bonds. The minimum Gasteiger partial charge on any atom is -0.441 e. The van der Waals surface area contributed by atoms with Gasteiger partial charge in [0.2, 0.25) is 11.8 Å². The van der Waals surface area contributed by atoms with E-state index in [4.69, 9.17) is 21.0 Å². The summed E-state index contributed by atoms with van der Waals surface area (Å²) < 4.78 is 5.91. The summed E-state index contributed by atoms with van der Waals surface area (Å²) in [7, 11) is 0. The van der Waals surface area contributed by atoms with E-state index in [1.807, 2.05) is 37.3 Å². The fourth-order valence-electron chi connectivity index (χ4n) is 4.41. The van der Waals surface area contributed by atoms with Crippen LogP contribution in [0.5, 0.6) is 0 Å². The summed E-state index contributed by atoms with van der Waals surface area (Å²) in [5.41, 5.74) is 3.10. The van der Waals surface area contributed by atoms with Crippen LogP contribution >= 0.6 is 11.6 Å². The number of halogens is 1. The number of amides is 1. The van der Waals surface area contributed by atoms with Gasteiger partial charge in [0.25, 0.3) is 0 Å². The minimum absolute atomic E-state index is 0.0116. The fourth-order valence-corrected chi connectivity index (χ4v) is 4.60. The summed E-state index contributed by atoms with van der Waals surface area (Å²) >= 11 is 6.11. The molecular weight excluding hydrogens is 434 g/mol. The van der Waals surface area contributed by atoms with Crippen LogP contribution in [0.15, 0.2) is 59.0 Å². The first-order valence-electron chi connectivity index (χ1n) is 11.8. The SMILES string of the molecule is Cc1oc(-c2cccc(Cl)c2)nc1CN1CCCC(C(=O)NC(C)CCc2ccccc2)C1. The molecule has 0 radical (unpaired) electrons. The minimum atomic E-state index is 0.0116. The first kappa shape index (κ1) is 23.5. The molecule has 1 fully saturated rings. The number of hydrogen-bond donors (Lipinski definition) is 1. The molecule has 0 saturated carbocycles. The second-order valence-electron chi connectivity index (χ2n) is 9.04. The number of rotatable bonds is 8. The number of hydrogen-bond acceptors (Lipinski definition) is 4. The van der Waals surface area contributed by atoms with Gasteiger partial charge in [-0.25, -0.2) is 4.98 Å². The van der Waals surface area contributed by atoms with Gasteiger partial charge >= 0.3 is 0 Å². The Hall–Kier alpha value is -2.63. The van der Waals surface area contributed by atoms with Gasteiger partial charge in [-0.2, -0.15) is 0 Å². The number of carbonyl (C=O) groups is 1. The largest absolute Gasteiger partial charge is 0.441 e. The highest BCUT2D eigenvalue weighted by Crippen LogP contribution is 2.26. The molecule has 0 aliphatic carbocycles. The normalized spacial score (nSPS) is 17.6. The second-order valence-corrected chi connectivity index (χ2v) is 9.48. The monoisotopic (exact) mass is 465 g/mol. The van der Waals surface area contributed by atoms with Gasteiger partial charge in [0.15, 0.2) is 0 Å². The number of nitrogens with zero attached hydrogens (tertiary/aromatic N) is 2. The number of benzene rings is 2. The standard InChI is InChI=1S/C27H32ClN3O2/c1-19(13-14-21-8-4-3-5-9-21)29-26(32)23-11-7-15-31(17-23)18-25-20(2)33-27(30-25)22-10-6-12-24(28)16-22/h3-6,8-10,12,16,19,23H,7,11,13-15,17-18H2,1-2H3,(H,29,32). The van der Waals surface area contributed by atoms with E-state index in [0.717, 1.165) is 55.8 Å². The first-order chi connectivity index (χ1) is 16.0. The summed E-state index contributed by atoms with van der Waals surface area (Å²) in [6.45, 7) is 6.43. The molecule has 174 valence electrons. The quantitative estimate of drug-likeness (QED) is 0.466. The summed E-state index contributed by atoms with van der Waals surface area (Å²) in [6.07, 6.45) is 3.85. The molecule has 2 heterocycles. The van der Waals surface area contributed by atoms with Crippen molar-refractivity contribution in [2.75, 3.05) is 13.1 Å². The van der Waals surface area contributed by atoms with Crippen molar-refractivity contribution >= 4 is 17.5 Å². The van der Waals surface area contributed by atoms with Gasteiger partial charge in [0, 0.05) is 29.7 Å². The van der Waals surface area contributed by atoms with Crippen molar-refractivity contribution in [3.63, 3.8) is 0 Å². The number of carbonyl (C=O) groups excluding carboxylic acids is 1. The van der Waals surface area contributed by atoms with E-state index in [2.05, 4.69) is 41.4 Å². The summed E-state index contributed by atoms with van der Waals surface area (Å²) in [5, 5.41) is 3.89. The van der Waals surface area contributed by atoms with Crippen LogP contribution in [-0.2, 0) is 17.8 Å². The van der Waals surface area contributed by atoms with Crippen LogP contribution < -0.4 is 5.32 Å². The molecule has 1 aromatic heterocycles. The van der Waals surface area contributed by atoms with E-state index in [9.17, 15) is 4.79 Å². The zero-order chi connectivity index (χ0) is 23.2. The Labute approximate surface area is 201 Å². The molecule has 2 atom stereocenters. The summed E-state index contributed by atoms with van der Waals surface area (Å²) in [6, 6.07) is 18.1. The lowest BCUT2D eigenvalue weighted by molar-refractivity contribution is -0.127. The van der Waals surface area contributed by atoms with Crippen LogP contribution in [0, 0.1) is 12.8 Å². The number of oxazole rings is 1. The van der Waals surface area contributed by atoms with Crippen molar-refractivity contribution in [1.29, 1.82) is 0 Å². The van der Waals surface area contributed by atoms with Crippen LogP contribution in [0.3, 0.4) is 0 Å². The third kappa shape index (κ3) is 6.46. The Morgan fingerprint density at radius 3 is 2.85 bits per heavy atom. The first-order valence-corrected chi connectivity index (χ1v) is 12.1. The maximum atomic E-state index is 12.9. The van der Waals surface area contributed by atoms with Crippen LogP contribution in [0.25, 0.3) is 11.5 Å². The molecule has 3 aromatic rings. The molecule has 6 heteroatoms. The zero-order valence-electron chi connectivity index (χ0n) is 19.4. The molecule has 1 aliphatic rings. The van der Waals surface area contributed by atoms with Crippen LogP contribution in [0.4, 0.5) is 0 Å². The molecule has 2 unspecified atom stereocenters. The second kappa shape index (κ2) is 11.0. The highest BCUT2D eigenvalue weighted by atomic mass is 35.5. The lowest BCUT2D eigenvalue weighted by atomic mass is 9.96. The molecular formula is C27H32ClN3O2. The topological polar surface area (TPSA) is 58.4 Å². The predicted molar refractivity (Wildman–Crippen MR) is 132 cm³/mol. The zero-order valence-corrected chi connectivity index (χ0v) is 20.1. The number of aromatic nitrogens is 1. The predicted octanol–water partition coefficient (Wildman–Crippen LogP) is 5.65. The molecule has 0 bridgehead atoms. The Bertz CT molecular complexity index is 1070. The van der Waals surface area contributed by atoms with E-state index in [1.54, 1.807) is 0 Å². The molecule has 1 saturated heterocycles. The van der Waals surface area contributed by atoms with E-state index < -0.39 is 0 Å². The Balaban J connectivity index is 1.30. The van der Waals surface area contributed by atoms with Gasteiger partial charge in [-0.05, 0) is 69.8 Å². The van der Waals surface area contributed by atoms with Gasteiger partial charge in [-0.3, -0.25) is 9.69 Å². The van der Waals surface area contributed by atoms with Gasteiger partial charge in [-0.1, -0.05) is 48.0 Å². The van der Waals surface area contributed by atoms with Crippen molar-refractivity contribution in [2.45, 2.75) is 52.1 Å². The smallest absolute Gasteiger partial charge is 0.226 e. The lowest BCUT2D eigenvalue weighted by Gasteiger charge is -2.32. The van der Waals surface area contributed by atoms with Crippen molar-refractivity contribution in [3.8, 4) is 11.5 Å². The van der Waals surface area contributed by atoms with Gasteiger partial charge < -0.3 is 9.73 Å². The van der Waals surface area contributed by atoms with Gasteiger partial charge in [0.05, 0.1) is 11.6 Å². The van der Waals surface area contributed by atoms with Crippen molar-refractivity contribution in [1.82, 2.24) is 15.2 Å². The third-order valence-corrected chi connectivity index (χ3v) is 6.55. The average molecular weight is 466 g/mol. The number of piperidine rings is 1. The average Bonchev–Trinajstić information content (AvgIpc) is 3.18. The van der Waals surface area contributed by atoms with Crippen molar-refractivity contribution in [2.24, 2.45) is 5.92 Å². The maximum absolute atomic E-state index is 12.9. The van der Waals surface area contributed by atoms with Crippen molar-refractivity contribution in [3.05, 3.63) is 76.6 Å². The maximum Gasteiger partial charge on any atom is 0.226 e. The molecule has 1 aliphatic heterocycles. The van der Waals surface area contributed by atoms with E-state index in [0.29, 0.717) is 17.5 Å². The Kier molecular flexibility index (Phi) is 7.84. The Morgan fingerprint density at radius 2 is 2.06 bits per heavy atom. The molecule has 1 N–H and O–H groups in total. The summed E-state index contributed by atoms with van der Waals surface area (Å²) in [4.78, 5) is 20.0. The van der Waals surface area contributed by atoms with E-state index in [-0.39, 0.29) is 17.9 Å². The highest BCUT2D eigenvalue weighted by Gasteiger charge is 2.27. The van der Waals surface area contributed by atoms with E-state index >= 15 is 0 Å². The molecule has 33 heavy (non-hydrogen) atoms. The van der Waals surface area contributed by atoms with Crippen LogP contribution in [-0.4, -0.2) is 34.9 Å². The van der Waals surface area contributed by atoms with Gasteiger partial charge in [0.1, 0.15) is 5.76 Å². The van der Waals surface area contributed by atoms with E-state index in [1.165, 1.54) is 5.56 Å². The van der Waals surface area contributed by atoms with Crippen LogP contribution in [0.2, 0.25) is 5.02 Å². The number of likely N-dealkylation sites (tertiary alicyclic amines) is 1. The number of nitrogens with one attached hydrogen (secondary N) is 1. The third-order valence-electron chi connectivity index (χ3n) is 6.31. The fraction of sp³-hybridized carbons (Fsp3) is 0.407. The Morgan fingerprint density at radius 1 is 1.24 bits per heavy atom. The molecule has 5 nitrogen and oxygen atoms in total.